The van der Waals surface area contributed by atoms with Gasteiger partial charge in [0.15, 0.2) is 0 Å². The van der Waals surface area contributed by atoms with Gasteiger partial charge in [-0.3, -0.25) is 14.4 Å². The van der Waals surface area contributed by atoms with Crippen molar-refractivity contribution in [1.82, 2.24) is 10.2 Å². The van der Waals surface area contributed by atoms with E-state index in [0.29, 0.717) is 42.2 Å². The number of amides is 3. The first-order chi connectivity index (χ1) is 14.5. The lowest BCUT2D eigenvalue weighted by atomic mass is 9.94. The van der Waals surface area contributed by atoms with Crippen molar-refractivity contribution in [1.29, 1.82) is 0 Å². The van der Waals surface area contributed by atoms with Crippen LogP contribution in [-0.4, -0.2) is 42.3 Å². The summed E-state index contributed by atoms with van der Waals surface area (Å²) < 4.78 is 0. The van der Waals surface area contributed by atoms with Crippen molar-refractivity contribution in [2.75, 3.05) is 18.9 Å². The van der Waals surface area contributed by atoms with E-state index in [4.69, 9.17) is 0 Å². The predicted molar refractivity (Wildman–Crippen MR) is 120 cm³/mol. The highest BCUT2D eigenvalue weighted by atomic mass is 32.1. The summed E-state index contributed by atoms with van der Waals surface area (Å²) >= 11 is 1.48. The van der Waals surface area contributed by atoms with Gasteiger partial charge in [-0.2, -0.15) is 11.3 Å². The Hall–Kier alpha value is -2.67. The van der Waals surface area contributed by atoms with Crippen LogP contribution in [0.15, 0.2) is 41.1 Å². The number of rotatable bonds is 8. The number of hydrogen-bond donors (Lipinski definition) is 2. The van der Waals surface area contributed by atoms with Gasteiger partial charge >= 0.3 is 0 Å². The quantitative estimate of drug-likeness (QED) is 0.617. The third kappa shape index (κ3) is 6.16. The summed E-state index contributed by atoms with van der Waals surface area (Å²) in [5.74, 6) is -0.200. The molecule has 0 spiro atoms. The SMILES string of the molecule is CN(C(=O)c1ccc(NC(=O)CCCNC(=O)c2ccsc2)cc1)C1CCCCC1. The van der Waals surface area contributed by atoms with Crippen LogP contribution in [0.4, 0.5) is 5.69 Å². The van der Waals surface area contributed by atoms with E-state index < -0.39 is 0 Å². The first kappa shape index (κ1) is 22.0. The maximum absolute atomic E-state index is 12.7. The summed E-state index contributed by atoms with van der Waals surface area (Å²) in [6, 6.07) is 9.15. The molecule has 7 heteroatoms. The number of benzene rings is 1. The van der Waals surface area contributed by atoms with Gasteiger partial charge in [-0.05, 0) is 55.0 Å². The number of thiophene rings is 1. The molecule has 3 rings (SSSR count). The summed E-state index contributed by atoms with van der Waals surface area (Å²) in [7, 11) is 1.88. The van der Waals surface area contributed by atoms with Crippen LogP contribution in [-0.2, 0) is 4.79 Å². The van der Waals surface area contributed by atoms with Crippen LogP contribution in [0.2, 0.25) is 0 Å². The molecule has 0 saturated heterocycles. The second kappa shape index (κ2) is 10.9. The molecule has 160 valence electrons. The molecule has 30 heavy (non-hydrogen) atoms. The first-order valence-electron chi connectivity index (χ1n) is 10.5. The monoisotopic (exact) mass is 427 g/mol. The zero-order valence-corrected chi connectivity index (χ0v) is 18.2. The van der Waals surface area contributed by atoms with Gasteiger partial charge in [-0.25, -0.2) is 0 Å². The molecule has 1 aliphatic carbocycles. The largest absolute Gasteiger partial charge is 0.352 e. The average molecular weight is 428 g/mol. The molecule has 2 aromatic rings. The maximum atomic E-state index is 12.7. The molecule has 1 heterocycles. The Morgan fingerprint density at radius 2 is 1.77 bits per heavy atom. The highest BCUT2D eigenvalue weighted by molar-refractivity contribution is 7.08. The Balaban J connectivity index is 1.40. The Labute approximate surface area is 181 Å². The highest BCUT2D eigenvalue weighted by Gasteiger charge is 2.22. The Morgan fingerprint density at radius 3 is 2.43 bits per heavy atom. The highest BCUT2D eigenvalue weighted by Crippen LogP contribution is 2.23. The fourth-order valence-electron chi connectivity index (χ4n) is 3.70. The minimum atomic E-state index is -0.116. The van der Waals surface area contributed by atoms with Gasteiger partial charge in [0.25, 0.3) is 11.8 Å². The van der Waals surface area contributed by atoms with Crippen LogP contribution in [0.25, 0.3) is 0 Å². The van der Waals surface area contributed by atoms with Gasteiger partial charge in [0.2, 0.25) is 5.91 Å². The molecule has 0 bridgehead atoms. The molecule has 1 aromatic heterocycles. The van der Waals surface area contributed by atoms with Crippen LogP contribution in [0, 0.1) is 0 Å². The minimum absolute atomic E-state index is 0.0288. The lowest BCUT2D eigenvalue weighted by molar-refractivity contribution is -0.116. The molecule has 1 aromatic carbocycles. The van der Waals surface area contributed by atoms with Crippen LogP contribution < -0.4 is 10.6 Å². The standard InChI is InChI=1S/C23H29N3O3S/c1-26(20-6-3-2-4-7-20)23(29)17-9-11-19(12-10-17)25-21(27)8-5-14-24-22(28)18-13-15-30-16-18/h9-13,15-16,20H,2-8,14H2,1H3,(H,24,28)(H,25,27). The van der Waals surface area contributed by atoms with E-state index in [2.05, 4.69) is 10.6 Å². The van der Waals surface area contributed by atoms with Gasteiger partial charge in [-0.15, -0.1) is 0 Å². The fraction of sp³-hybridized carbons (Fsp3) is 0.435. The predicted octanol–water partition coefficient (Wildman–Crippen LogP) is 4.30. The summed E-state index contributed by atoms with van der Waals surface area (Å²) in [6.45, 7) is 0.447. The Bertz CT molecular complexity index is 843. The van der Waals surface area contributed by atoms with Crippen molar-refractivity contribution in [3.63, 3.8) is 0 Å². The smallest absolute Gasteiger partial charge is 0.253 e. The van der Waals surface area contributed by atoms with Gasteiger partial charge < -0.3 is 15.5 Å². The zero-order chi connectivity index (χ0) is 21.3. The van der Waals surface area contributed by atoms with Crippen molar-refractivity contribution in [3.05, 3.63) is 52.2 Å². The molecule has 0 aliphatic heterocycles. The zero-order valence-electron chi connectivity index (χ0n) is 17.4. The van der Waals surface area contributed by atoms with E-state index in [-0.39, 0.29) is 17.7 Å². The van der Waals surface area contributed by atoms with Crippen molar-refractivity contribution in [2.24, 2.45) is 0 Å². The Morgan fingerprint density at radius 1 is 1.03 bits per heavy atom. The van der Waals surface area contributed by atoms with Crippen molar-refractivity contribution < 1.29 is 14.4 Å². The number of hydrogen-bond acceptors (Lipinski definition) is 4. The molecule has 0 unspecified atom stereocenters. The number of nitrogens with zero attached hydrogens (tertiary/aromatic N) is 1. The third-order valence-electron chi connectivity index (χ3n) is 5.51. The molecule has 6 nitrogen and oxygen atoms in total. The van der Waals surface area contributed by atoms with Gasteiger partial charge in [-0.1, -0.05) is 19.3 Å². The van der Waals surface area contributed by atoms with E-state index in [9.17, 15) is 14.4 Å². The van der Waals surface area contributed by atoms with Crippen LogP contribution in [0.1, 0.15) is 65.7 Å². The van der Waals surface area contributed by atoms with Gasteiger partial charge in [0, 0.05) is 48.2 Å². The van der Waals surface area contributed by atoms with Crippen molar-refractivity contribution in [3.8, 4) is 0 Å². The van der Waals surface area contributed by atoms with E-state index in [1.54, 1.807) is 35.7 Å². The molecular formula is C23H29N3O3S. The molecule has 1 aliphatic rings. The summed E-state index contributed by atoms with van der Waals surface area (Å²) in [4.78, 5) is 38.5. The molecule has 2 N–H and O–H groups in total. The minimum Gasteiger partial charge on any atom is -0.352 e. The van der Waals surface area contributed by atoms with Crippen LogP contribution in [0.3, 0.4) is 0 Å². The van der Waals surface area contributed by atoms with Crippen molar-refractivity contribution in [2.45, 2.75) is 51.0 Å². The summed E-state index contributed by atoms with van der Waals surface area (Å²) in [5, 5.41) is 9.30. The normalized spacial score (nSPS) is 14.2. The molecular weight excluding hydrogens is 398 g/mol. The van der Waals surface area contributed by atoms with Crippen molar-refractivity contribution >= 4 is 34.7 Å². The van der Waals surface area contributed by atoms with Crippen LogP contribution in [0.5, 0.6) is 0 Å². The van der Waals surface area contributed by atoms with Gasteiger partial charge in [0.05, 0.1) is 0 Å². The third-order valence-corrected chi connectivity index (χ3v) is 6.19. The molecule has 1 saturated carbocycles. The topological polar surface area (TPSA) is 78.5 Å². The van der Waals surface area contributed by atoms with E-state index in [0.717, 1.165) is 12.8 Å². The fourth-order valence-corrected chi connectivity index (χ4v) is 4.34. The number of nitrogens with one attached hydrogen (secondary N) is 2. The molecule has 0 atom stereocenters. The first-order valence-corrected chi connectivity index (χ1v) is 11.5. The van der Waals surface area contributed by atoms with Gasteiger partial charge in [0.1, 0.15) is 0 Å². The second-order valence-corrected chi connectivity index (χ2v) is 8.48. The number of carbonyl (C=O) groups excluding carboxylic acids is 3. The average Bonchev–Trinajstić information content (AvgIpc) is 3.32. The van der Waals surface area contributed by atoms with E-state index >= 15 is 0 Å². The molecule has 0 radical (unpaired) electrons. The molecule has 1 fully saturated rings. The molecule has 3 amide bonds. The Kier molecular flexibility index (Phi) is 8.02. The van der Waals surface area contributed by atoms with E-state index in [1.165, 1.54) is 30.6 Å². The maximum Gasteiger partial charge on any atom is 0.253 e. The summed E-state index contributed by atoms with van der Waals surface area (Å²) in [5.41, 5.74) is 1.95. The lowest BCUT2D eigenvalue weighted by Crippen LogP contribution is -2.38. The number of carbonyl (C=O) groups is 3. The summed E-state index contributed by atoms with van der Waals surface area (Å²) in [6.07, 6.45) is 6.65. The van der Waals surface area contributed by atoms with E-state index in [1.807, 2.05) is 17.3 Å². The number of anilines is 1. The van der Waals surface area contributed by atoms with Crippen LogP contribution >= 0.6 is 11.3 Å². The lowest BCUT2D eigenvalue weighted by Gasteiger charge is -2.31. The second-order valence-electron chi connectivity index (χ2n) is 7.70.